The second kappa shape index (κ2) is 9.22. The fraction of sp³-hybridized carbons (Fsp3) is 0.304. The van der Waals surface area contributed by atoms with Gasteiger partial charge in [-0.25, -0.2) is 5.01 Å². The van der Waals surface area contributed by atoms with Gasteiger partial charge in [-0.1, -0.05) is 47.6 Å². The number of Topliss-reactive ketones (excluding diaryl/α,β-unsaturated/α-hetero) is 1. The average Bonchev–Trinajstić information content (AvgIpc) is 3.02. The molecule has 2 aromatic carbocycles. The summed E-state index contributed by atoms with van der Waals surface area (Å²) in [6, 6.07) is 10.4. The SMILES string of the molecule is O=C(CN(C(=O)c1ccc(Cl)cc1Cl)N1C(=O)[C@H]2CCCC[C@H]2C1=O)c1ccc(Cl)cc1. The lowest BCUT2D eigenvalue weighted by molar-refractivity contribution is -0.154. The molecule has 1 saturated heterocycles. The molecule has 0 spiro atoms. The van der Waals surface area contributed by atoms with Crippen LogP contribution in [-0.2, 0) is 9.59 Å². The molecule has 32 heavy (non-hydrogen) atoms. The molecule has 3 amide bonds. The first-order valence-electron chi connectivity index (χ1n) is 10.2. The minimum absolute atomic E-state index is 0.0374. The first kappa shape index (κ1) is 22.8. The molecule has 4 rings (SSSR count). The summed E-state index contributed by atoms with van der Waals surface area (Å²) in [6.45, 7) is -0.504. The Balaban J connectivity index is 1.71. The van der Waals surface area contributed by atoms with Gasteiger partial charge in [-0.3, -0.25) is 19.2 Å². The molecular weight excluding hydrogens is 475 g/mol. The zero-order valence-corrected chi connectivity index (χ0v) is 19.2. The third-order valence-electron chi connectivity index (χ3n) is 5.91. The van der Waals surface area contributed by atoms with Gasteiger partial charge in [0.2, 0.25) is 0 Å². The van der Waals surface area contributed by atoms with Crippen molar-refractivity contribution in [1.29, 1.82) is 0 Å². The number of nitrogens with zero attached hydrogens (tertiary/aromatic N) is 2. The largest absolute Gasteiger partial charge is 0.292 e. The molecule has 0 unspecified atom stereocenters. The van der Waals surface area contributed by atoms with Crippen LogP contribution in [0.5, 0.6) is 0 Å². The molecule has 2 fully saturated rings. The van der Waals surface area contributed by atoms with Gasteiger partial charge in [-0.05, 0) is 55.3 Å². The van der Waals surface area contributed by atoms with E-state index >= 15 is 0 Å². The molecule has 166 valence electrons. The quantitative estimate of drug-likeness (QED) is 0.431. The third kappa shape index (κ3) is 4.27. The first-order chi connectivity index (χ1) is 15.3. The lowest BCUT2D eigenvalue weighted by atomic mass is 9.81. The summed E-state index contributed by atoms with van der Waals surface area (Å²) in [5, 5.41) is 2.60. The van der Waals surface area contributed by atoms with Crippen LogP contribution in [0.3, 0.4) is 0 Å². The van der Waals surface area contributed by atoms with E-state index in [1.807, 2.05) is 0 Å². The van der Waals surface area contributed by atoms with Crippen molar-refractivity contribution in [2.75, 3.05) is 6.54 Å². The van der Waals surface area contributed by atoms with Gasteiger partial charge in [0.15, 0.2) is 5.78 Å². The highest BCUT2D eigenvalue weighted by atomic mass is 35.5. The van der Waals surface area contributed by atoms with Crippen LogP contribution >= 0.6 is 34.8 Å². The molecule has 2 atom stereocenters. The lowest BCUT2D eigenvalue weighted by Crippen LogP contribution is -2.52. The van der Waals surface area contributed by atoms with Crippen LogP contribution in [0, 0.1) is 11.8 Å². The van der Waals surface area contributed by atoms with E-state index in [1.54, 1.807) is 12.1 Å². The molecule has 1 saturated carbocycles. The number of carbonyl (C=O) groups excluding carboxylic acids is 4. The van der Waals surface area contributed by atoms with Crippen LogP contribution in [0.4, 0.5) is 0 Å². The van der Waals surface area contributed by atoms with Crippen LogP contribution in [0.25, 0.3) is 0 Å². The van der Waals surface area contributed by atoms with Crippen molar-refractivity contribution in [3.05, 3.63) is 68.7 Å². The first-order valence-corrected chi connectivity index (χ1v) is 11.3. The van der Waals surface area contributed by atoms with E-state index in [4.69, 9.17) is 34.8 Å². The Morgan fingerprint density at radius 1 is 0.875 bits per heavy atom. The highest BCUT2D eigenvalue weighted by molar-refractivity contribution is 6.36. The second-order valence-electron chi connectivity index (χ2n) is 7.90. The van der Waals surface area contributed by atoms with Crippen molar-refractivity contribution < 1.29 is 19.2 Å². The number of hydrazine groups is 1. The Hall–Kier alpha value is -2.41. The Morgan fingerprint density at radius 3 is 2.00 bits per heavy atom. The maximum Gasteiger partial charge on any atom is 0.274 e. The monoisotopic (exact) mass is 492 g/mol. The van der Waals surface area contributed by atoms with Crippen LogP contribution in [-0.4, -0.2) is 40.1 Å². The minimum atomic E-state index is -0.727. The number of rotatable bonds is 5. The zero-order valence-electron chi connectivity index (χ0n) is 16.9. The van der Waals surface area contributed by atoms with E-state index in [2.05, 4.69) is 0 Å². The van der Waals surface area contributed by atoms with Crippen molar-refractivity contribution in [3.8, 4) is 0 Å². The number of fused-ring (bicyclic) bond motifs is 1. The molecule has 2 aliphatic rings. The van der Waals surface area contributed by atoms with E-state index in [-0.39, 0.29) is 10.6 Å². The Labute approximate surface area is 200 Å². The smallest absolute Gasteiger partial charge is 0.274 e. The molecule has 1 aliphatic heterocycles. The standard InChI is InChI=1S/C23H19Cl3N2O4/c24-14-7-5-13(6-8-14)20(29)12-27(21(30)18-10-9-15(25)11-19(18)26)28-22(31)16-3-1-2-4-17(16)23(28)32/h5-11,16-17H,1-4,12H2/t16-,17+. The molecule has 0 radical (unpaired) electrons. The third-order valence-corrected chi connectivity index (χ3v) is 6.71. The number of benzene rings is 2. The van der Waals surface area contributed by atoms with Gasteiger partial charge < -0.3 is 0 Å². The molecule has 0 N–H and O–H groups in total. The number of ketones is 1. The highest BCUT2D eigenvalue weighted by Crippen LogP contribution is 2.39. The van der Waals surface area contributed by atoms with E-state index in [1.165, 1.54) is 30.3 Å². The van der Waals surface area contributed by atoms with Crippen molar-refractivity contribution >= 4 is 58.3 Å². The maximum absolute atomic E-state index is 13.5. The Bertz CT molecular complexity index is 1080. The van der Waals surface area contributed by atoms with Gasteiger partial charge in [-0.2, -0.15) is 5.01 Å². The average molecular weight is 494 g/mol. The number of hydrogen-bond donors (Lipinski definition) is 0. The Morgan fingerprint density at radius 2 is 1.44 bits per heavy atom. The molecular formula is C23H19Cl3N2O4. The second-order valence-corrected chi connectivity index (χ2v) is 9.18. The molecule has 6 nitrogen and oxygen atoms in total. The summed E-state index contributed by atoms with van der Waals surface area (Å²) in [5.41, 5.74) is 0.335. The Kier molecular flexibility index (Phi) is 6.56. The number of carbonyl (C=O) groups is 4. The molecule has 1 heterocycles. The van der Waals surface area contributed by atoms with Crippen LogP contribution in [0.15, 0.2) is 42.5 Å². The van der Waals surface area contributed by atoms with E-state index in [9.17, 15) is 19.2 Å². The van der Waals surface area contributed by atoms with Gasteiger partial charge in [0, 0.05) is 15.6 Å². The molecule has 0 aromatic heterocycles. The summed E-state index contributed by atoms with van der Waals surface area (Å²) in [5.74, 6) is -3.04. The fourth-order valence-electron chi connectivity index (χ4n) is 4.28. The normalized spacial score (nSPS) is 20.3. The summed E-state index contributed by atoms with van der Waals surface area (Å²) in [7, 11) is 0. The maximum atomic E-state index is 13.5. The van der Waals surface area contributed by atoms with Gasteiger partial charge >= 0.3 is 0 Å². The predicted octanol–water partition coefficient (Wildman–Crippen LogP) is 5.06. The van der Waals surface area contributed by atoms with Gasteiger partial charge in [0.05, 0.1) is 22.4 Å². The minimum Gasteiger partial charge on any atom is -0.292 e. The molecule has 0 bridgehead atoms. The van der Waals surface area contributed by atoms with Crippen molar-refractivity contribution in [3.63, 3.8) is 0 Å². The van der Waals surface area contributed by atoms with Crippen molar-refractivity contribution in [2.45, 2.75) is 25.7 Å². The summed E-state index contributed by atoms with van der Waals surface area (Å²) in [6.07, 6.45) is 2.85. The predicted molar refractivity (Wildman–Crippen MR) is 121 cm³/mol. The van der Waals surface area contributed by atoms with E-state index in [0.717, 1.165) is 22.9 Å². The van der Waals surface area contributed by atoms with Crippen LogP contribution < -0.4 is 0 Å². The number of halogens is 3. The highest BCUT2D eigenvalue weighted by Gasteiger charge is 2.51. The fourth-order valence-corrected chi connectivity index (χ4v) is 4.90. The summed E-state index contributed by atoms with van der Waals surface area (Å²) < 4.78 is 0. The van der Waals surface area contributed by atoms with Crippen LogP contribution in [0.2, 0.25) is 15.1 Å². The van der Waals surface area contributed by atoms with E-state index < -0.39 is 41.9 Å². The van der Waals surface area contributed by atoms with Crippen molar-refractivity contribution in [1.82, 2.24) is 10.0 Å². The zero-order chi connectivity index (χ0) is 23.0. The van der Waals surface area contributed by atoms with Gasteiger partial charge in [-0.15, -0.1) is 0 Å². The van der Waals surface area contributed by atoms with Crippen molar-refractivity contribution in [2.24, 2.45) is 11.8 Å². The van der Waals surface area contributed by atoms with Gasteiger partial charge in [0.1, 0.15) is 6.54 Å². The summed E-state index contributed by atoms with van der Waals surface area (Å²) >= 11 is 18.1. The molecule has 9 heteroatoms. The number of imide groups is 1. The topological polar surface area (TPSA) is 74.8 Å². The molecule has 2 aromatic rings. The number of amides is 3. The van der Waals surface area contributed by atoms with Crippen LogP contribution in [0.1, 0.15) is 46.4 Å². The molecule has 1 aliphatic carbocycles. The number of hydrogen-bond acceptors (Lipinski definition) is 4. The van der Waals surface area contributed by atoms with Gasteiger partial charge in [0.25, 0.3) is 17.7 Å². The summed E-state index contributed by atoms with van der Waals surface area (Å²) in [4.78, 5) is 52.8. The van der Waals surface area contributed by atoms with E-state index in [0.29, 0.717) is 28.5 Å². The lowest BCUT2D eigenvalue weighted by Gasteiger charge is -2.30.